The van der Waals surface area contributed by atoms with Crippen molar-refractivity contribution in [2.75, 3.05) is 0 Å². The van der Waals surface area contributed by atoms with Crippen LogP contribution in [-0.4, -0.2) is 0 Å². The summed E-state index contributed by atoms with van der Waals surface area (Å²) in [4.78, 5) is 0. The standard InChI is InChI=1S/C40H26/c1-3-16-31-27(11-1)13-10-22-32(31)28-14-9-15-29(25-28)34-23-24-39(37-20-7-5-19-36(34)37)40-26-30-12-2-4-17-33(30)35-18-6-8-21-38(35)40/h1-26H. The first-order valence-corrected chi connectivity index (χ1v) is 13.9. The first-order chi connectivity index (χ1) is 19.8. The van der Waals surface area contributed by atoms with Crippen molar-refractivity contribution < 1.29 is 0 Å². The van der Waals surface area contributed by atoms with E-state index < -0.39 is 0 Å². The van der Waals surface area contributed by atoms with Crippen molar-refractivity contribution in [3.63, 3.8) is 0 Å². The molecule has 0 atom stereocenters. The van der Waals surface area contributed by atoms with Crippen molar-refractivity contribution in [1.29, 1.82) is 0 Å². The molecule has 0 spiro atoms. The summed E-state index contributed by atoms with van der Waals surface area (Å²) in [7, 11) is 0. The lowest BCUT2D eigenvalue weighted by atomic mass is 9.88. The third kappa shape index (κ3) is 3.61. The van der Waals surface area contributed by atoms with Crippen molar-refractivity contribution in [1.82, 2.24) is 0 Å². The molecule has 0 unspecified atom stereocenters. The van der Waals surface area contributed by atoms with Crippen molar-refractivity contribution in [3.8, 4) is 33.4 Å². The molecule has 0 aliphatic heterocycles. The van der Waals surface area contributed by atoms with Crippen LogP contribution in [0.4, 0.5) is 0 Å². The van der Waals surface area contributed by atoms with Gasteiger partial charge in [0.15, 0.2) is 0 Å². The Morgan fingerprint density at radius 3 is 1.45 bits per heavy atom. The summed E-state index contributed by atoms with van der Waals surface area (Å²) < 4.78 is 0. The van der Waals surface area contributed by atoms with Crippen LogP contribution in [0, 0.1) is 0 Å². The molecule has 8 aromatic carbocycles. The van der Waals surface area contributed by atoms with E-state index in [4.69, 9.17) is 0 Å². The van der Waals surface area contributed by atoms with E-state index >= 15 is 0 Å². The molecule has 40 heavy (non-hydrogen) atoms. The normalized spacial score (nSPS) is 11.5. The fraction of sp³-hybridized carbons (Fsp3) is 0. The first-order valence-electron chi connectivity index (χ1n) is 13.9. The highest BCUT2D eigenvalue weighted by atomic mass is 14.2. The van der Waals surface area contributed by atoms with Gasteiger partial charge >= 0.3 is 0 Å². The zero-order valence-corrected chi connectivity index (χ0v) is 22.0. The van der Waals surface area contributed by atoms with E-state index in [-0.39, 0.29) is 0 Å². The molecule has 8 rings (SSSR count). The SMILES string of the molecule is c1cc(-c2cccc3ccccc23)cc(-c2ccc(-c3cc4ccccc4c4ccccc34)c3ccccc23)c1. The minimum Gasteiger partial charge on any atom is -0.0616 e. The van der Waals surface area contributed by atoms with Gasteiger partial charge in [0.05, 0.1) is 0 Å². The number of rotatable bonds is 3. The van der Waals surface area contributed by atoms with Gasteiger partial charge in [-0.05, 0) is 88.6 Å². The molecule has 0 N–H and O–H groups in total. The number of benzene rings is 8. The topological polar surface area (TPSA) is 0 Å². The van der Waals surface area contributed by atoms with Gasteiger partial charge in [0.25, 0.3) is 0 Å². The summed E-state index contributed by atoms with van der Waals surface area (Å²) in [5, 5.41) is 10.3. The molecule has 8 aromatic rings. The van der Waals surface area contributed by atoms with E-state index in [9.17, 15) is 0 Å². The maximum absolute atomic E-state index is 2.36. The Morgan fingerprint density at radius 2 is 0.700 bits per heavy atom. The summed E-state index contributed by atoms with van der Waals surface area (Å²) in [5.74, 6) is 0. The molecular formula is C40H26. The predicted octanol–water partition coefficient (Wildman–Crippen LogP) is 11.3. The van der Waals surface area contributed by atoms with Crippen LogP contribution in [0.15, 0.2) is 158 Å². The van der Waals surface area contributed by atoms with Gasteiger partial charge in [-0.1, -0.05) is 146 Å². The lowest BCUT2D eigenvalue weighted by Gasteiger charge is -2.16. The Kier molecular flexibility index (Phi) is 5.24. The van der Waals surface area contributed by atoms with Gasteiger partial charge in [-0.15, -0.1) is 0 Å². The Hall–Kier alpha value is -5.20. The van der Waals surface area contributed by atoms with Crippen molar-refractivity contribution in [2.24, 2.45) is 0 Å². The molecule has 0 heterocycles. The second-order valence-electron chi connectivity index (χ2n) is 10.5. The van der Waals surface area contributed by atoms with Gasteiger partial charge in [0.2, 0.25) is 0 Å². The zero-order valence-electron chi connectivity index (χ0n) is 22.0. The predicted molar refractivity (Wildman–Crippen MR) is 173 cm³/mol. The van der Waals surface area contributed by atoms with Crippen molar-refractivity contribution >= 4 is 43.1 Å². The number of hydrogen-bond acceptors (Lipinski definition) is 0. The minimum absolute atomic E-state index is 1.23. The highest BCUT2D eigenvalue weighted by Crippen LogP contribution is 2.41. The van der Waals surface area contributed by atoms with Gasteiger partial charge in [-0.3, -0.25) is 0 Å². The second kappa shape index (κ2) is 9.22. The Balaban J connectivity index is 1.34. The molecule has 0 aromatic heterocycles. The average Bonchev–Trinajstić information content (AvgIpc) is 3.04. The van der Waals surface area contributed by atoms with Crippen molar-refractivity contribution in [3.05, 3.63) is 158 Å². The van der Waals surface area contributed by atoms with E-state index in [2.05, 4.69) is 158 Å². The second-order valence-corrected chi connectivity index (χ2v) is 10.5. The summed E-state index contributed by atoms with van der Waals surface area (Å²) >= 11 is 0. The van der Waals surface area contributed by atoms with Crippen LogP contribution in [0.3, 0.4) is 0 Å². The van der Waals surface area contributed by atoms with Crippen LogP contribution in [0.25, 0.3) is 76.5 Å². The highest BCUT2D eigenvalue weighted by Gasteiger charge is 2.14. The van der Waals surface area contributed by atoms with Crippen LogP contribution in [-0.2, 0) is 0 Å². The van der Waals surface area contributed by atoms with E-state index in [0.717, 1.165) is 0 Å². The molecule has 0 heteroatoms. The average molecular weight is 507 g/mol. The molecule has 186 valence electrons. The fourth-order valence-electron chi connectivity index (χ4n) is 6.39. The van der Waals surface area contributed by atoms with E-state index in [1.807, 2.05) is 0 Å². The Labute approximate surface area is 233 Å². The van der Waals surface area contributed by atoms with Crippen LogP contribution in [0.2, 0.25) is 0 Å². The molecule has 0 nitrogen and oxygen atoms in total. The van der Waals surface area contributed by atoms with Crippen molar-refractivity contribution in [2.45, 2.75) is 0 Å². The smallest absolute Gasteiger partial charge is 0.00928 e. The lowest BCUT2D eigenvalue weighted by molar-refractivity contribution is 1.62. The van der Waals surface area contributed by atoms with E-state index in [0.29, 0.717) is 0 Å². The first kappa shape index (κ1) is 22.8. The summed E-state index contributed by atoms with van der Waals surface area (Å²) in [5.41, 5.74) is 7.54. The van der Waals surface area contributed by atoms with Gasteiger partial charge < -0.3 is 0 Å². The third-order valence-corrected chi connectivity index (χ3v) is 8.26. The van der Waals surface area contributed by atoms with Crippen LogP contribution in [0.5, 0.6) is 0 Å². The molecular weight excluding hydrogens is 480 g/mol. The molecule has 0 saturated carbocycles. The summed E-state index contributed by atoms with van der Waals surface area (Å²) in [6.45, 7) is 0. The lowest BCUT2D eigenvalue weighted by Crippen LogP contribution is -1.89. The Bertz CT molecular complexity index is 2210. The quantitative estimate of drug-likeness (QED) is 0.209. The maximum atomic E-state index is 2.36. The minimum atomic E-state index is 1.23. The fourth-order valence-corrected chi connectivity index (χ4v) is 6.39. The highest BCUT2D eigenvalue weighted by molar-refractivity contribution is 6.17. The van der Waals surface area contributed by atoms with E-state index in [1.54, 1.807) is 0 Å². The summed E-state index contributed by atoms with van der Waals surface area (Å²) in [6, 6.07) is 57.5. The summed E-state index contributed by atoms with van der Waals surface area (Å²) in [6.07, 6.45) is 0. The third-order valence-electron chi connectivity index (χ3n) is 8.26. The van der Waals surface area contributed by atoms with Crippen LogP contribution < -0.4 is 0 Å². The van der Waals surface area contributed by atoms with Gasteiger partial charge in [0.1, 0.15) is 0 Å². The largest absolute Gasteiger partial charge is 0.0616 e. The molecule has 0 fully saturated rings. The molecule has 0 saturated heterocycles. The molecule has 0 radical (unpaired) electrons. The number of hydrogen-bond donors (Lipinski definition) is 0. The Morgan fingerprint density at radius 1 is 0.225 bits per heavy atom. The molecule has 0 bridgehead atoms. The van der Waals surface area contributed by atoms with Gasteiger partial charge in [-0.2, -0.15) is 0 Å². The molecule has 0 amide bonds. The van der Waals surface area contributed by atoms with Crippen LogP contribution in [0.1, 0.15) is 0 Å². The molecule has 0 aliphatic carbocycles. The van der Waals surface area contributed by atoms with Crippen LogP contribution >= 0.6 is 0 Å². The van der Waals surface area contributed by atoms with Gasteiger partial charge in [0, 0.05) is 0 Å². The number of fused-ring (bicyclic) bond motifs is 5. The van der Waals surface area contributed by atoms with E-state index in [1.165, 1.54) is 76.5 Å². The van der Waals surface area contributed by atoms with Gasteiger partial charge in [-0.25, -0.2) is 0 Å². The molecule has 0 aliphatic rings. The zero-order chi connectivity index (χ0) is 26.5. The maximum Gasteiger partial charge on any atom is -0.00928 e. The monoisotopic (exact) mass is 506 g/mol.